The molecule has 0 aliphatic rings. The minimum atomic E-state index is -0.365. The Hall–Kier alpha value is -1.23. The Morgan fingerprint density at radius 2 is 1.95 bits per heavy atom. The van der Waals surface area contributed by atoms with E-state index < -0.39 is 0 Å². The summed E-state index contributed by atoms with van der Waals surface area (Å²) in [4.78, 5) is 12.3. The van der Waals surface area contributed by atoms with Gasteiger partial charge in [0.15, 0.2) is 0 Å². The number of nitrogen functional groups attached to an aromatic ring is 1. The standard InChI is InChI=1S/C14H11BrCl2N2O/c1-7-2-3-10(15)12(4-7)19-14(20)9-5-8(18)6-11(16)13(9)17/h2-6H,18H2,1H3,(H,19,20). The Morgan fingerprint density at radius 1 is 1.25 bits per heavy atom. The molecule has 0 aromatic heterocycles. The number of benzene rings is 2. The van der Waals surface area contributed by atoms with Gasteiger partial charge in [0.2, 0.25) is 0 Å². The molecule has 2 aromatic carbocycles. The fourth-order valence-electron chi connectivity index (χ4n) is 1.70. The Bertz CT molecular complexity index is 689. The predicted molar refractivity (Wildman–Crippen MR) is 87.7 cm³/mol. The Balaban J connectivity index is 2.35. The summed E-state index contributed by atoms with van der Waals surface area (Å²) in [5.74, 6) is -0.365. The first kappa shape index (κ1) is 15.2. The fraction of sp³-hybridized carbons (Fsp3) is 0.0714. The zero-order chi connectivity index (χ0) is 14.9. The molecule has 0 radical (unpaired) electrons. The predicted octanol–water partition coefficient (Wildman–Crippen LogP) is 4.90. The molecule has 2 rings (SSSR count). The molecule has 0 atom stereocenters. The summed E-state index contributed by atoms with van der Waals surface area (Å²) >= 11 is 15.3. The summed E-state index contributed by atoms with van der Waals surface area (Å²) in [5.41, 5.74) is 7.99. The molecule has 3 N–H and O–H groups in total. The number of rotatable bonds is 2. The number of nitrogens with one attached hydrogen (secondary N) is 1. The van der Waals surface area contributed by atoms with E-state index in [0.29, 0.717) is 11.4 Å². The first-order valence-electron chi connectivity index (χ1n) is 5.70. The summed E-state index contributed by atoms with van der Waals surface area (Å²) in [6, 6.07) is 8.64. The molecule has 2 aromatic rings. The number of hydrogen-bond donors (Lipinski definition) is 2. The van der Waals surface area contributed by atoms with Crippen LogP contribution in [0.5, 0.6) is 0 Å². The van der Waals surface area contributed by atoms with Crippen LogP contribution in [0.25, 0.3) is 0 Å². The molecule has 1 amide bonds. The topological polar surface area (TPSA) is 55.1 Å². The molecule has 0 unspecified atom stereocenters. The third kappa shape index (κ3) is 3.26. The van der Waals surface area contributed by atoms with Crippen molar-refractivity contribution < 1.29 is 4.79 Å². The Labute approximate surface area is 135 Å². The number of carbonyl (C=O) groups excluding carboxylic acids is 1. The minimum Gasteiger partial charge on any atom is -0.399 e. The highest BCUT2D eigenvalue weighted by Crippen LogP contribution is 2.30. The fourth-order valence-corrected chi connectivity index (χ4v) is 2.47. The molecule has 104 valence electrons. The lowest BCUT2D eigenvalue weighted by atomic mass is 10.1. The van der Waals surface area contributed by atoms with Gasteiger partial charge >= 0.3 is 0 Å². The molecule has 0 bridgehead atoms. The summed E-state index contributed by atoms with van der Waals surface area (Å²) < 4.78 is 0.780. The summed E-state index contributed by atoms with van der Waals surface area (Å²) in [6.07, 6.45) is 0. The number of hydrogen-bond acceptors (Lipinski definition) is 2. The molecule has 6 heteroatoms. The Morgan fingerprint density at radius 3 is 2.65 bits per heavy atom. The van der Waals surface area contributed by atoms with Gasteiger partial charge in [-0.15, -0.1) is 0 Å². The van der Waals surface area contributed by atoms with E-state index in [1.807, 2.05) is 25.1 Å². The van der Waals surface area contributed by atoms with Crippen molar-refractivity contribution in [2.45, 2.75) is 6.92 Å². The third-order valence-electron chi connectivity index (χ3n) is 2.67. The zero-order valence-corrected chi connectivity index (χ0v) is 13.6. The molecule has 0 aliphatic carbocycles. The second-order valence-corrected chi connectivity index (χ2v) is 5.94. The number of aryl methyl sites for hydroxylation is 1. The van der Waals surface area contributed by atoms with Gasteiger partial charge in [0, 0.05) is 10.2 Å². The van der Waals surface area contributed by atoms with Crippen molar-refractivity contribution in [2.24, 2.45) is 0 Å². The largest absolute Gasteiger partial charge is 0.399 e. The van der Waals surface area contributed by atoms with Crippen LogP contribution in [0, 0.1) is 6.92 Å². The van der Waals surface area contributed by atoms with Crippen LogP contribution in [-0.4, -0.2) is 5.91 Å². The van der Waals surface area contributed by atoms with Crippen molar-refractivity contribution in [3.63, 3.8) is 0 Å². The molecular weight excluding hydrogens is 363 g/mol. The van der Waals surface area contributed by atoms with E-state index in [4.69, 9.17) is 28.9 Å². The number of nitrogens with two attached hydrogens (primary N) is 1. The first-order chi connectivity index (χ1) is 9.38. The number of carbonyl (C=O) groups is 1. The molecule has 0 aliphatic heterocycles. The number of anilines is 2. The monoisotopic (exact) mass is 372 g/mol. The lowest BCUT2D eigenvalue weighted by Gasteiger charge is -2.11. The maximum atomic E-state index is 12.3. The normalized spacial score (nSPS) is 10.4. The molecule has 3 nitrogen and oxygen atoms in total. The highest BCUT2D eigenvalue weighted by atomic mass is 79.9. The highest BCUT2D eigenvalue weighted by molar-refractivity contribution is 9.10. The van der Waals surface area contributed by atoms with Gasteiger partial charge in [-0.3, -0.25) is 4.79 Å². The average Bonchev–Trinajstić information content (AvgIpc) is 2.38. The molecule has 0 saturated carbocycles. The summed E-state index contributed by atoms with van der Waals surface area (Å²) in [7, 11) is 0. The van der Waals surface area contributed by atoms with Gasteiger partial charge in [-0.1, -0.05) is 29.3 Å². The van der Waals surface area contributed by atoms with Crippen molar-refractivity contribution in [2.75, 3.05) is 11.1 Å². The van der Waals surface area contributed by atoms with E-state index in [-0.39, 0.29) is 21.5 Å². The van der Waals surface area contributed by atoms with E-state index in [2.05, 4.69) is 21.2 Å². The second kappa shape index (κ2) is 6.04. The van der Waals surface area contributed by atoms with Crippen LogP contribution in [0.15, 0.2) is 34.8 Å². The number of amides is 1. The van der Waals surface area contributed by atoms with Crippen LogP contribution in [0.4, 0.5) is 11.4 Å². The van der Waals surface area contributed by atoms with Gasteiger partial charge < -0.3 is 11.1 Å². The molecular formula is C14H11BrCl2N2O. The van der Waals surface area contributed by atoms with E-state index in [9.17, 15) is 4.79 Å². The van der Waals surface area contributed by atoms with Gasteiger partial charge in [0.25, 0.3) is 5.91 Å². The third-order valence-corrected chi connectivity index (χ3v) is 4.16. The van der Waals surface area contributed by atoms with Crippen LogP contribution in [0.3, 0.4) is 0 Å². The lowest BCUT2D eigenvalue weighted by molar-refractivity contribution is 0.102. The van der Waals surface area contributed by atoms with Gasteiger partial charge in [0.05, 0.1) is 21.3 Å². The average molecular weight is 374 g/mol. The maximum Gasteiger partial charge on any atom is 0.257 e. The molecule has 0 saturated heterocycles. The highest BCUT2D eigenvalue weighted by Gasteiger charge is 2.15. The van der Waals surface area contributed by atoms with Gasteiger partial charge in [-0.2, -0.15) is 0 Å². The Kier molecular flexibility index (Phi) is 4.58. The van der Waals surface area contributed by atoms with Crippen molar-refractivity contribution in [3.8, 4) is 0 Å². The van der Waals surface area contributed by atoms with Gasteiger partial charge in [0.1, 0.15) is 0 Å². The van der Waals surface area contributed by atoms with Crippen LogP contribution in [0.1, 0.15) is 15.9 Å². The molecule has 0 heterocycles. The SMILES string of the molecule is Cc1ccc(Br)c(NC(=O)c2cc(N)cc(Cl)c2Cl)c1. The van der Waals surface area contributed by atoms with Crippen molar-refractivity contribution in [1.82, 2.24) is 0 Å². The van der Waals surface area contributed by atoms with Crippen LogP contribution in [0.2, 0.25) is 10.0 Å². The van der Waals surface area contributed by atoms with E-state index in [1.54, 1.807) is 0 Å². The summed E-state index contributed by atoms with van der Waals surface area (Å²) in [5, 5.41) is 3.21. The number of halogens is 3. The molecule has 0 spiro atoms. The second-order valence-electron chi connectivity index (χ2n) is 4.30. The van der Waals surface area contributed by atoms with Crippen LogP contribution in [-0.2, 0) is 0 Å². The van der Waals surface area contributed by atoms with Crippen molar-refractivity contribution >= 4 is 56.4 Å². The van der Waals surface area contributed by atoms with Gasteiger partial charge in [-0.25, -0.2) is 0 Å². The van der Waals surface area contributed by atoms with Crippen LogP contribution < -0.4 is 11.1 Å². The van der Waals surface area contributed by atoms with Crippen molar-refractivity contribution in [3.05, 3.63) is 56.0 Å². The molecule has 0 fully saturated rings. The van der Waals surface area contributed by atoms with Gasteiger partial charge in [-0.05, 0) is 52.7 Å². The van der Waals surface area contributed by atoms with E-state index in [0.717, 1.165) is 10.0 Å². The minimum absolute atomic E-state index is 0.183. The first-order valence-corrected chi connectivity index (χ1v) is 7.25. The maximum absolute atomic E-state index is 12.3. The van der Waals surface area contributed by atoms with Crippen molar-refractivity contribution in [1.29, 1.82) is 0 Å². The zero-order valence-electron chi connectivity index (χ0n) is 10.5. The lowest BCUT2D eigenvalue weighted by Crippen LogP contribution is -2.13. The quantitative estimate of drug-likeness (QED) is 0.735. The van der Waals surface area contributed by atoms with E-state index in [1.165, 1.54) is 12.1 Å². The smallest absolute Gasteiger partial charge is 0.257 e. The van der Waals surface area contributed by atoms with Crippen LogP contribution >= 0.6 is 39.1 Å². The molecule has 20 heavy (non-hydrogen) atoms. The summed E-state index contributed by atoms with van der Waals surface area (Å²) in [6.45, 7) is 1.94. The van der Waals surface area contributed by atoms with E-state index >= 15 is 0 Å².